The first kappa shape index (κ1) is 13.8. The molecule has 1 aromatic carbocycles. The quantitative estimate of drug-likeness (QED) is 0.855. The van der Waals surface area contributed by atoms with Gasteiger partial charge in [0.05, 0.1) is 0 Å². The first-order chi connectivity index (χ1) is 8.66. The molecule has 18 heavy (non-hydrogen) atoms. The van der Waals surface area contributed by atoms with Crippen molar-refractivity contribution in [2.45, 2.75) is 39.2 Å². The van der Waals surface area contributed by atoms with Crippen LogP contribution in [0.1, 0.15) is 38.2 Å². The van der Waals surface area contributed by atoms with Gasteiger partial charge in [-0.2, -0.15) is 0 Å². The van der Waals surface area contributed by atoms with Gasteiger partial charge in [-0.3, -0.25) is 0 Å². The molecule has 0 saturated heterocycles. The zero-order valence-corrected chi connectivity index (χ0v) is 11.6. The summed E-state index contributed by atoms with van der Waals surface area (Å²) in [4.78, 5) is 0. The normalized spacial score (nSPS) is 24.2. The van der Waals surface area contributed by atoms with Crippen LogP contribution in [0.2, 0.25) is 5.02 Å². The lowest BCUT2D eigenvalue weighted by Gasteiger charge is -2.26. The highest BCUT2D eigenvalue weighted by atomic mass is 35.5. The summed E-state index contributed by atoms with van der Waals surface area (Å²) in [5, 5.41) is 3.86. The van der Waals surface area contributed by atoms with Crippen LogP contribution in [0.3, 0.4) is 0 Å². The lowest BCUT2D eigenvalue weighted by atomic mass is 9.82. The fourth-order valence-corrected chi connectivity index (χ4v) is 3.08. The fourth-order valence-electron chi connectivity index (χ4n) is 2.85. The molecule has 2 rings (SSSR count). The van der Waals surface area contributed by atoms with Gasteiger partial charge in [0.1, 0.15) is 5.82 Å². The Morgan fingerprint density at radius 1 is 1.39 bits per heavy atom. The first-order valence-corrected chi connectivity index (χ1v) is 7.18. The highest BCUT2D eigenvalue weighted by Gasteiger charge is 2.18. The standard InChI is InChI=1S/C15H21ClFN/c1-11-4-2-5-12(8-11)9-18-10-13-14(16)6-3-7-15(13)17/h3,6-7,11-12,18H,2,4-5,8-10H2,1H3. The van der Waals surface area contributed by atoms with E-state index in [1.165, 1.54) is 31.7 Å². The van der Waals surface area contributed by atoms with Crippen LogP contribution < -0.4 is 5.32 Å². The molecule has 2 atom stereocenters. The van der Waals surface area contributed by atoms with E-state index in [9.17, 15) is 4.39 Å². The van der Waals surface area contributed by atoms with Crippen molar-refractivity contribution in [3.05, 3.63) is 34.6 Å². The Balaban J connectivity index is 1.81. The predicted octanol–water partition coefficient (Wildman–Crippen LogP) is 4.40. The van der Waals surface area contributed by atoms with Crippen LogP contribution >= 0.6 is 11.6 Å². The zero-order valence-electron chi connectivity index (χ0n) is 10.9. The maximum absolute atomic E-state index is 13.6. The Hall–Kier alpha value is -0.600. The lowest BCUT2D eigenvalue weighted by Crippen LogP contribution is -2.26. The highest BCUT2D eigenvalue weighted by molar-refractivity contribution is 6.31. The van der Waals surface area contributed by atoms with Crippen LogP contribution in [-0.2, 0) is 6.54 Å². The third kappa shape index (κ3) is 3.69. The van der Waals surface area contributed by atoms with E-state index in [1.807, 2.05) is 0 Å². The number of halogens is 2. The highest BCUT2D eigenvalue weighted by Crippen LogP contribution is 2.28. The van der Waals surface area contributed by atoms with Crippen LogP contribution in [0, 0.1) is 17.7 Å². The van der Waals surface area contributed by atoms with Gasteiger partial charge in [0, 0.05) is 17.1 Å². The van der Waals surface area contributed by atoms with E-state index < -0.39 is 0 Å². The average Bonchev–Trinajstić information content (AvgIpc) is 2.33. The summed E-state index contributed by atoms with van der Waals surface area (Å²) in [5.74, 6) is 1.36. The molecular formula is C15H21ClFN. The van der Waals surface area contributed by atoms with Gasteiger partial charge < -0.3 is 5.32 Å². The van der Waals surface area contributed by atoms with E-state index in [4.69, 9.17) is 11.6 Å². The summed E-state index contributed by atoms with van der Waals surface area (Å²) in [6.07, 6.45) is 5.27. The second-order valence-corrected chi connectivity index (χ2v) is 5.88. The van der Waals surface area contributed by atoms with Gasteiger partial charge in [0.25, 0.3) is 0 Å². The molecule has 0 heterocycles. The van der Waals surface area contributed by atoms with Crippen LogP contribution in [0.5, 0.6) is 0 Å². The smallest absolute Gasteiger partial charge is 0.129 e. The Morgan fingerprint density at radius 2 is 2.22 bits per heavy atom. The molecular weight excluding hydrogens is 249 g/mol. The Morgan fingerprint density at radius 3 is 2.94 bits per heavy atom. The molecule has 1 saturated carbocycles. The van der Waals surface area contributed by atoms with E-state index in [2.05, 4.69) is 12.2 Å². The van der Waals surface area contributed by atoms with Gasteiger partial charge in [-0.05, 0) is 43.4 Å². The number of rotatable bonds is 4. The second kappa shape index (κ2) is 6.53. The lowest BCUT2D eigenvalue weighted by molar-refractivity contribution is 0.274. The molecule has 1 aliphatic rings. The van der Waals surface area contributed by atoms with Gasteiger partial charge in [-0.1, -0.05) is 37.4 Å². The van der Waals surface area contributed by atoms with Crippen molar-refractivity contribution in [1.82, 2.24) is 5.32 Å². The van der Waals surface area contributed by atoms with Crippen LogP contribution in [0.4, 0.5) is 4.39 Å². The third-order valence-electron chi connectivity index (χ3n) is 3.84. The maximum Gasteiger partial charge on any atom is 0.129 e. The van der Waals surface area contributed by atoms with Crippen LogP contribution in [-0.4, -0.2) is 6.54 Å². The van der Waals surface area contributed by atoms with Crippen molar-refractivity contribution in [1.29, 1.82) is 0 Å². The predicted molar refractivity (Wildman–Crippen MR) is 74.2 cm³/mol. The Labute approximate surface area is 114 Å². The molecule has 1 aliphatic carbocycles. The molecule has 0 radical (unpaired) electrons. The number of benzene rings is 1. The number of hydrogen-bond acceptors (Lipinski definition) is 1. The van der Waals surface area contributed by atoms with Crippen molar-refractivity contribution in [2.24, 2.45) is 11.8 Å². The molecule has 0 aliphatic heterocycles. The monoisotopic (exact) mass is 269 g/mol. The fraction of sp³-hybridized carbons (Fsp3) is 0.600. The van der Waals surface area contributed by atoms with Crippen molar-refractivity contribution in [2.75, 3.05) is 6.54 Å². The summed E-state index contributed by atoms with van der Waals surface area (Å²) in [7, 11) is 0. The van der Waals surface area contributed by atoms with E-state index in [1.54, 1.807) is 12.1 Å². The SMILES string of the molecule is CC1CCCC(CNCc2c(F)cccc2Cl)C1. The number of nitrogens with one attached hydrogen (secondary N) is 1. The van der Waals surface area contributed by atoms with Gasteiger partial charge >= 0.3 is 0 Å². The third-order valence-corrected chi connectivity index (χ3v) is 4.20. The Bertz CT molecular complexity index is 374. The molecule has 1 aromatic rings. The topological polar surface area (TPSA) is 12.0 Å². The summed E-state index contributed by atoms with van der Waals surface area (Å²) in [6.45, 7) is 3.81. The van der Waals surface area contributed by atoms with Gasteiger partial charge in [-0.25, -0.2) is 4.39 Å². The molecule has 0 amide bonds. The van der Waals surface area contributed by atoms with Gasteiger partial charge in [-0.15, -0.1) is 0 Å². The number of hydrogen-bond donors (Lipinski definition) is 1. The van der Waals surface area contributed by atoms with E-state index in [-0.39, 0.29) is 5.82 Å². The molecule has 1 fully saturated rings. The summed E-state index contributed by atoms with van der Waals surface area (Å²) >= 11 is 5.99. The summed E-state index contributed by atoms with van der Waals surface area (Å²) < 4.78 is 13.6. The average molecular weight is 270 g/mol. The van der Waals surface area contributed by atoms with Crippen molar-refractivity contribution >= 4 is 11.6 Å². The van der Waals surface area contributed by atoms with Crippen LogP contribution in [0.25, 0.3) is 0 Å². The van der Waals surface area contributed by atoms with Crippen LogP contribution in [0.15, 0.2) is 18.2 Å². The van der Waals surface area contributed by atoms with E-state index in [0.717, 1.165) is 18.4 Å². The van der Waals surface area contributed by atoms with E-state index >= 15 is 0 Å². The summed E-state index contributed by atoms with van der Waals surface area (Å²) in [5.41, 5.74) is 0.586. The molecule has 1 N–H and O–H groups in total. The van der Waals surface area contributed by atoms with Gasteiger partial charge in [0.15, 0.2) is 0 Å². The minimum absolute atomic E-state index is 0.216. The minimum Gasteiger partial charge on any atom is -0.312 e. The molecule has 0 aromatic heterocycles. The molecule has 2 unspecified atom stereocenters. The Kier molecular flexibility index (Phi) is 5.02. The minimum atomic E-state index is -0.216. The molecule has 100 valence electrons. The largest absolute Gasteiger partial charge is 0.312 e. The summed E-state index contributed by atoms with van der Waals surface area (Å²) in [6, 6.07) is 4.85. The zero-order chi connectivity index (χ0) is 13.0. The molecule has 1 nitrogen and oxygen atoms in total. The molecule has 0 spiro atoms. The van der Waals surface area contributed by atoms with Gasteiger partial charge in [0.2, 0.25) is 0 Å². The second-order valence-electron chi connectivity index (χ2n) is 5.47. The van der Waals surface area contributed by atoms with Crippen molar-refractivity contribution in [3.63, 3.8) is 0 Å². The molecule has 0 bridgehead atoms. The van der Waals surface area contributed by atoms with Crippen molar-refractivity contribution < 1.29 is 4.39 Å². The van der Waals surface area contributed by atoms with Crippen molar-refractivity contribution in [3.8, 4) is 0 Å². The molecule has 3 heteroatoms. The first-order valence-electron chi connectivity index (χ1n) is 6.80. The van der Waals surface area contributed by atoms with E-state index in [0.29, 0.717) is 17.1 Å². The maximum atomic E-state index is 13.6.